The Labute approximate surface area is 96.6 Å². The van der Waals surface area contributed by atoms with E-state index in [1.165, 1.54) is 24.3 Å². The number of carbonyl (C=O) groups excluding carboxylic acids is 2. The van der Waals surface area contributed by atoms with Gasteiger partial charge in [-0.05, 0) is 33.8 Å². The zero-order valence-corrected chi connectivity index (χ0v) is 10.5. The second-order valence-corrected chi connectivity index (χ2v) is 4.39. The van der Waals surface area contributed by atoms with Crippen molar-refractivity contribution in [1.29, 1.82) is 0 Å². The van der Waals surface area contributed by atoms with Crippen molar-refractivity contribution in [3.8, 4) is 0 Å². The normalized spacial score (nSPS) is 11.9. The number of amides is 1. The van der Waals surface area contributed by atoms with E-state index >= 15 is 0 Å². The Bertz CT molecular complexity index is 324. The van der Waals surface area contributed by atoms with Gasteiger partial charge in [-0.25, -0.2) is 4.79 Å². The molecule has 0 radical (unpaired) electrons. The van der Waals surface area contributed by atoms with E-state index in [2.05, 4.69) is 11.3 Å². The molecule has 0 aliphatic rings. The van der Waals surface area contributed by atoms with E-state index in [-0.39, 0.29) is 5.91 Å². The van der Waals surface area contributed by atoms with Crippen molar-refractivity contribution in [1.82, 2.24) is 4.90 Å². The molecule has 0 heterocycles. The Kier molecular flexibility index (Phi) is 4.95. The minimum absolute atomic E-state index is 0.254. The first-order valence-electron chi connectivity index (χ1n) is 4.96. The number of rotatable bonds is 3. The summed E-state index contributed by atoms with van der Waals surface area (Å²) >= 11 is 0. The maximum absolute atomic E-state index is 11.6. The average Bonchev–Trinajstić information content (AvgIpc) is 2.21. The summed E-state index contributed by atoms with van der Waals surface area (Å²) in [6.45, 7) is 10.6. The zero-order valence-electron chi connectivity index (χ0n) is 10.5. The van der Waals surface area contributed by atoms with Crippen molar-refractivity contribution >= 4 is 11.9 Å². The SMILES string of the molecule is C=CC(=O)N(/C=C(\C)C(=O)OC)C(C)(C)C. The fourth-order valence-corrected chi connectivity index (χ4v) is 1.09. The first kappa shape index (κ1) is 14.4. The molecule has 16 heavy (non-hydrogen) atoms. The lowest BCUT2D eigenvalue weighted by Gasteiger charge is -2.32. The third-order valence-corrected chi connectivity index (χ3v) is 1.96. The van der Waals surface area contributed by atoms with Crippen molar-refractivity contribution in [2.24, 2.45) is 0 Å². The van der Waals surface area contributed by atoms with Gasteiger partial charge in [0.25, 0.3) is 0 Å². The van der Waals surface area contributed by atoms with E-state index in [0.29, 0.717) is 5.57 Å². The molecule has 0 saturated heterocycles. The number of carbonyl (C=O) groups is 2. The van der Waals surface area contributed by atoms with Gasteiger partial charge in [0.2, 0.25) is 5.91 Å². The van der Waals surface area contributed by atoms with E-state index in [9.17, 15) is 9.59 Å². The molecule has 0 aromatic heterocycles. The number of hydrogen-bond donors (Lipinski definition) is 0. The first-order valence-corrected chi connectivity index (χ1v) is 4.96. The minimum Gasteiger partial charge on any atom is -0.466 e. The molecule has 0 rings (SSSR count). The summed E-state index contributed by atoms with van der Waals surface area (Å²) in [6, 6.07) is 0. The zero-order chi connectivity index (χ0) is 12.9. The molecule has 0 atom stereocenters. The Hall–Kier alpha value is -1.58. The van der Waals surface area contributed by atoms with Gasteiger partial charge < -0.3 is 9.64 Å². The summed E-state index contributed by atoms with van der Waals surface area (Å²) in [5.74, 6) is -0.707. The monoisotopic (exact) mass is 225 g/mol. The van der Waals surface area contributed by atoms with Crippen LogP contribution in [0, 0.1) is 0 Å². The Morgan fingerprint density at radius 2 is 1.81 bits per heavy atom. The number of esters is 1. The van der Waals surface area contributed by atoms with Gasteiger partial charge in [-0.15, -0.1) is 0 Å². The van der Waals surface area contributed by atoms with Gasteiger partial charge in [-0.1, -0.05) is 6.58 Å². The average molecular weight is 225 g/mol. The van der Waals surface area contributed by atoms with E-state index in [1.54, 1.807) is 6.92 Å². The quantitative estimate of drug-likeness (QED) is 0.544. The van der Waals surface area contributed by atoms with Crippen LogP contribution in [0.15, 0.2) is 24.4 Å². The predicted molar refractivity (Wildman–Crippen MR) is 62.6 cm³/mol. The highest BCUT2D eigenvalue weighted by molar-refractivity contribution is 5.91. The van der Waals surface area contributed by atoms with Crippen molar-refractivity contribution in [3.63, 3.8) is 0 Å². The topological polar surface area (TPSA) is 46.6 Å². The van der Waals surface area contributed by atoms with E-state index in [4.69, 9.17) is 0 Å². The maximum Gasteiger partial charge on any atom is 0.334 e. The fourth-order valence-electron chi connectivity index (χ4n) is 1.09. The first-order chi connectivity index (χ1) is 7.23. The van der Waals surface area contributed by atoms with Crippen LogP contribution in [0.1, 0.15) is 27.7 Å². The molecule has 0 aliphatic heterocycles. The van der Waals surface area contributed by atoms with Gasteiger partial charge >= 0.3 is 5.97 Å². The van der Waals surface area contributed by atoms with Crippen LogP contribution in [0.5, 0.6) is 0 Å². The number of nitrogens with zero attached hydrogens (tertiary/aromatic N) is 1. The molecule has 1 amide bonds. The number of ether oxygens (including phenoxy) is 1. The van der Waals surface area contributed by atoms with E-state index in [0.717, 1.165) is 0 Å². The summed E-state index contributed by atoms with van der Waals surface area (Å²) < 4.78 is 4.57. The predicted octanol–water partition coefficient (Wildman–Crippen LogP) is 1.88. The highest BCUT2D eigenvalue weighted by Crippen LogP contribution is 2.16. The van der Waals surface area contributed by atoms with E-state index in [1.807, 2.05) is 20.8 Å². The summed E-state index contributed by atoms with van der Waals surface area (Å²) in [5, 5.41) is 0. The highest BCUT2D eigenvalue weighted by Gasteiger charge is 2.23. The van der Waals surface area contributed by atoms with Gasteiger partial charge in [0.05, 0.1) is 12.7 Å². The van der Waals surface area contributed by atoms with Crippen LogP contribution in [0.25, 0.3) is 0 Å². The van der Waals surface area contributed by atoms with Crippen LogP contribution in [-0.2, 0) is 14.3 Å². The Balaban J connectivity index is 5.16. The summed E-state index contributed by atoms with van der Waals surface area (Å²) in [6.07, 6.45) is 2.70. The lowest BCUT2D eigenvalue weighted by Crippen LogP contribution is -2.41. The summed E-state index contributed by atoms with van der Waals surface area (Å²) in [4.78, 5) is 24.3. The molecule has 0 saturated carbocycles. The number of hydrogen-bond acceptors (Lipinski definition) is 3. The van der Waals surface area contributed by atoms with Gasteiger partial charge in [0.15, 0.2) is 0 Å². The Morgan fingerprint density at radius 1 is 1.31 bits per heavy atom. The molecule has 0 bridgehead atoms. The van der Waals surface area contributed by atoms with Crippen molar-refractivity contribution in [2.75, 3.05) is 7.11 Å². The molecule has 0 aromatic carbocycles. The van der Waals surface area contributed by atoms with Crippen LogP contribution < -0.4 is 0 Å². The molecule has 0 aliphatic carbocycles. The third-order valence-electron chi connectivity index (χ3n) is 1.96. The minimum atomic E-state index is -0.453. The summed E-state index contributed by atoms with van der Waals surface area (Å²) in [7, 11) is 1.30. The van der Waals surface area contributed by atoms with Crippen LogP contribution >= 0.6 is 0 Å². The van der Waals surface area contributed by atoms with Crippen LogP contribution in [0.2, 0.25) is 0 Å². The fraction of sp³-hybridized carbons (Fsp3) is 0.500. The van der Waals surface area contributed by atoms with Gasteiger partial charge in [0, 0.05) is 11.7 Å². The molecule has 0 fully saturated rings. The molecular formula is C12H19NO3. The second-order valence-electron chi connectivity index (χ2n) is 4.39. The molecule has 90 valence electrons. The summed E-state index contributed by atoms with van der Waals surface area (Å²) in [5.41, 5.74) is -0.0479. The van der Waals surface area contributed by atoms with E-state index < -0.39 is 11.5 Å². The van der Waals surface area contributed by atoms with Crippen molar-refractivity contribution < 1.29 is 14.3 Å². The largest absolute Gasteiger partial charge is 0.466 e. The maximum atomic E-state index is 11.6. The smallest absolute Gasteiger partial charge is 0.334 e. The highest BCUT2D eigenvalue weighted by atomic mass is 16.5. The second kappa shape index (κ2) is 5.49. The molecule has 0 unspecified atom stereocenters. The van der Waals surface area contributed by atoms with Crippen molar-refractivity contribution in [2.45, 2.75) is 33.2 Å². The number of methoxy groups -OCH3 is 1. The molecule has 4 heteroatoms. The van der Waals surface area contributed by atoms with Crippen molar-refractivity contribution in [3.05, 3.63) is 24.4 Å². The lowest BCUT2D eigenvalue weighted by molar-refractivity contribution is -0.136. The molecule has 0 aromatic rings. The van der Waals surface area contributed by atoms with Gasteiger partial charge in [-0.3, -0.25) is 4.79 Å². The third kappa shape index (κ3) is 3.88. The molecule has 4 nitrogen and oxygen atoms in total. The van der Waals surface area contributed by atoms with Crippen LogP contribution in [-0.4, -0.2) is 29.4 Å². The molecule has 0 spiro atoms. The molecular weight excluding hydrogens is 206 g/mol. The molecule has 0 N–H and O–H groups in total. The van der Waals surface area contributed by atoms with Crippen LogP contribution in [0.4, 0.5) is 0 Å². The Morgan fingerprint density at radius 3 is 2.12 bits per heavy atom. The van der Waals surface area contributed by atoms with Gasteiger partial charge in [0.1, 0.15) is 0 Å². The standard InChI is InChI=1S/C12H19NO3/c1-7-10(14)13(12(3,4)5)8-9(2)11(15)16-6/h7-8H,1H2,2-6H3/b9-8+. The van der Waals surface area contributed by atoms with Crippen LogP contribution in [0.3, 0.4) is 0 Å². The lowest BCUT2D eigenvalue weighted by atomic mass is 10.1. The van der Waals surface area contributed by atoms with Gasteiger partial charge in [-0.2, -0.15) is 0 Å².